The smallest absolute Gasteiger partial charge is 0.325 e. The third-order valence-corrected chi connectivity index (χ3v) is 7.83. The monoisotopic (exact) mass is 456 g/mol. The molecule has 1 saturated heterocycles. The molecule has 1 amide bonds. The summed E-state index contributed by atoms with van der Waals surface area (Å²) in [7, 11) is 0. The second-order valence-corrected chi connectivity index (χ2v) is 9.86. The van der Waals surface area contributed by atoms with Crippen LogP contribution >= 0.6 is 0 Å². The van der Waals surface area contributed by atoms with Gasteiger partial charge in [-0.15, -0.1) is 0 Å². The van der Waals surface area contributed by atoms with Crippen molar-refractivity contribution >= 4 is 23.8 Å². The van der Waals surface area contributed by atoms with E-state index in [2.05, 4.69) is 0 Å². The molecule has 3 saturated carbocycles. The van der Waals surface area contributed by atoms with Crippen LogP contribution in [0.2, 0.25) is 0 Å². The van der Waals surface area contributed by atoms with E-state index in [-0.39, 0.29) is 49.6 Å². The van der Waals surface area contributed by atoms with Gasteiger partial charge in [-0.05, 0) is 51.9 Å². The number of amides is 1. The number of carboxylic acids is 1. The van der Waals surface area contributed by atoms with Crippen LogP contribution in [0.5, 0.6) is 0 Å². The molecule has 0 radical (unpaired) electrons. The molecule has 10 heteroatoms. The highest BCUT2D eigenvalue weighted by Gasteiger charge is 2.72. The lowest BCUT2D eigenvalue weighted by molar-refractivity contribution is -0.346. The van der Waals surface area contributed by atoms with E-state index in [0.717, 1.165) is 0 Å². The van der Waals surface area contributed by atoms with Crippen molar-refractivity contribution in [2.75, 3.05) is 0 Å². The Labute approximate surface area is 184 Å². The van der Waals surface area contributed by atoms with Gasteiger partial charge in [0.25, 0.3) is 0 Å². The zero-order valence-electron chi connectivity index (χ0n) is 18.3. The topological polar surface area (TPSA) is 113 Å². The third-order valence-electron chi connectivity index (χ3n) is 7.83. The van der Waals surface area contributed by atoms with E-state index >= 15 is 0 Å². The predicted octanol–water partition coefficient (Wildman–Crippen LogP) is 1.05. The van der Waals surface area contributed by atoms with E-state index in [0.29, 0.717) is 12.8 Å². The lowest BCUT2D eigenvalue weighted by Gasteiger charge is -2.43. The lowest BCUT2D eigenvalue weighted by atomic mass is 9.77. The van der Waals surface area contributed by atoms with Crippen molar-refractivity contribution in [3.05, 3.63) is 0 Å². The number of halogens is 2. The van der Waals surface area contributed by atoms with Gasteiger partial charge in [-0.25, -0.2) is 0 Å². The molecule has 3 aliphatic carbocycles. The van der Waals surface area contributed by atoms with Gasteiger partial charge in [-0.2, -0.15) is 8.78 Å². The molecule has 0 aromatic carbocycles. The Morgan fingerprint density at radius 1 is 1.16 bits per heavy atom. The zero-order valence-corrected chi connectivity index (χ0v) is 18.3. The maximum atomic E-state index is 14.7. The first kappa shape index (κ1) is 22.9. The number of aliphatic carboxylic acids is 1. The second kappa shape index (κ2) is 7.66. The normalized spacial score (nSPS) is 35.3. The van der Waals surface area contributed by atoms with Crippen LogP contribution in [0.25, 0.3) is 0 Å². The summed E-state index contributed by atoms with van der Waals surface area (Å²) < 4.78 is 40.3. The summed E-state index contributed by atoms with van der Waals surface area (Å²) in [6.45, 7) is 4.89. The standard InChI is InChI=1S/C22H29F2NO7/c1-10(2)25-16-12-9-13(17(16)31-11(3)26)15(14(12)18(25)27)19(28)32-21(7-5-4-6-8-21)22(23,24)20(29)30/h10,12-17H,4-9H2,1-3H3,(H,29,30)/p-1. The first-order valence-electron chi connectivity index (χ1n) is 11.2. The molecule has 4 rings (SSSR count). The summed E-state index contributed by atoms with van der Waals surface area (Å²) in [6, 6.07) is -0.558. The fourth-order valence-electron chi connectivity index (χ4n) is 6.67. The number of likely N-dealkylation sites (tertiary alicyclic amines) is 1. The predicted molar refractivity (Wildman–Crippen MR) is 102 cm³/mol. The molecule has 32 heavy (non-hydrogen) atoms. The SMILES string of the molecule is CC(=O)OC1C2CC3C(C(=O)N(C(C)C)C31)C2C(=O)OC1(C(F)(F)C(=O)[O-])CCCCC1. The number of hydrogen-bond donors (Lipinski definition) is 0. The number of hydrogen-bond acceptors (Lipinski definition) is 7. The van der Waals surface area contributed by atoms with E-state index < -0.39 is 53.3 Å². The number of rotatable bonds is 6. The molecule has 2 bridgehead atoms. The first-order valence-corrected chi connectivity index (χ1v) is 11.2. The molecule has 8 nitrogen and oxygen atoms in total. The molecule has 0 aromatic rings. The molecular weight excluding hydrogens is 428 g/mol. The Kier molecular flexibility index (Phi) is 5.48. The minimum atomic E-state index is -4.36. The fraction of sp³-hybridized carbons (Fsp3) is 0.818. The number of ether oxygens (including phenoxy) is 2. The minimum Gasteiger partial charge on any atom is -0.544 e. The van der Waals surface area contributed by atoms with E-state index in [1.165, 1.54) is 6.92 Å². The molecule has 1 heterocycles. The molecule has 0 spiro atoms. The van der Waals surface area contributed by atoms with Crippen molar-refractivity contribution in [3.8, 4) is 0 Å². The van der Waals surface area contributed by atoms with Crippen LogP contribution in [0.4, 0.5) is 8.78 Å². The molecule has 178 valence electrons. The first-order chi connectivity index (χ1) is 14.9. The molecule has 6 atom stereocenters. The Morgan fingerprint density at radius 2 is 1.78 bits per heavy atom. The van der Waals surface area contributed by atoms with Crippen molar-refractivity contribution in [3.63, 3.8) is 0 Å². The van der Waals surface area contributed by atoms with Gasteiger partial charge in [-0.3, -0.25) is 14.4 Å². The molecule has 4 fully saturated rings. The number of nitrogens with zero attached hydrogens (tertiary/aromatic N) is 1. The molecular formula is C22H28F2NO7-. The van der Waals surface area contributed by atoms with Crippen molar-refractivity contribution in [1.29, 1.82) is 0 Å². The highest BCUT2D eigenvalue weighted by atomic mass is 19.3. The summed E-state index contributed by atoms with van der Waals surface area (Å²) in [5.41, 5.74) is -2.50. The van der Waals surface area contributed by atoms with Crippen molar-refractivity contribution < 1.29 is 42.5 Å². The molecule has 0 N–H and O–H groups in total. The van der Waals surface area contributed by atoms with Gasteiger partial charge in [0.2, 0.25) is 5.91 Å². The van der Waals surface area contributed by atoms with Gasteiger partial charge in [-0.1, -0.05) is 6.42 Å². The van der Waals surface area contributed by atoms with Crippen molar-refractivity contribution in [1.82, 2.24) is 4.90 Å². The lowest BCUT2D eigenvalue weighted by Crippen LogP contribution is -2.61. The van der Waals surface area contributed by atoms with Crippen LogP contribution in [0.3, 0.4) is 0 Å². The van der Waals surface area contributed by atoms with Gasteiger partial charge in [0, 0.05) is 18.9 Å². The van der Waals surface area contributed by atoms with E-state index in [1.54, 1.807) is 4.90 Å². The van der Waals surface area contributed by atoms with Crippen LogP contribution in [-0.2, 0) is 28.7 Å². The summed E-state index contributed by atoms with van der Waals surface area (Å²) in [5.74, 6) is -11.4. The van der Waals surface area contributed by atoms with E-state index in [9.17, 15) is 33.1 Å². The summed E-state index contributed by atoms with van der Waals surface area (Å²) in [5, 5.41) is 11.3. The number of carbonyl (C=O) groups is 4. The van der Waals surface area contributed by atoms with Gasteiger partial charge in [0.1, 0.15) is 12.1 Å². The summed E-state index contributed by atoms with van der Waals surface area (Å²) in [6.07, 6.45) is 0.302. The number of carbonyl (C=O) groups excluding carboxylic acids is 4. The second-order valence-electron chi connectivity index (χ2n) is 9.86. The Balaban J connectivity index is 1.67. The largest absolute Gasteiger partial charge is 0.544 e. The molecule has 1 aliphatic heterocycles. The Bertz CT molecular complexity index is 838. The Morgan fingerprint density at radius 3 is 2.31 bits per heavy atom. The zero-order chi connectivity index (χ0) is 23.6. The highest BCUT2D eigenvalue weighted by Crippen LogP contribution is 2.61. The average molecular weight is 456 g/mol. The van der Waals surface area contributed by atoms with Gasteiger partial charge in [0.05, 0.1) is 17.9 Å². The van der Waals surface area contributed by atoms with Crippen molar-refractivity contribution in [2.24, 2.45) is 23.7 Å². The van der Waals surface area contributed by atoms with E-state index in [4.69, 9.17) is 9.47 Å². The summed E-state index contributed by atoms with van der Waals surface area (Å²) in [4.78, 5) is 51.2. The van der Waals surface area contributed by atoms with Crippen LogP contribution in [0.15, 0.2) is 0 Å². The minimum absolute atomic E-state index is 0.196. The quantitative estimate of drug-likeness (QED) is 0.549. The molecule has 4 aliphatic rings. The average Bonchev–Trinajstić information content (AvgIpc) is 3.30. The number of alkyl halides is 2. The highest BCUT2D eigenvalue weighted by molar-refractivity contribution is 5.91. The third kappa shape index (κ3) is 3.12. The van der Waals surface area contributed by atoms with Crippen LogP contribution in [0.1, 0.15) is 59.3 Å². The molecule has 6 unspecified atom stereocenters. The maximum Gasteiger partial charge on any atom is 0.325 e. The van der Waals surface area contributed by atoms with Crippen molar-refractivity contribution in [2.45, 2.75) is 89.0 Å². The van der Waals surface area contributed by atoms with Crippen LogP contribution < -0.4 is 5.11 Å². The van der Waals surface area contributed by atoms with Gasteiger partial charge >= 0.3 is 17.9 Å². The molecule has 0 aromatic heterocycles. The van der Waals surface area contributed by atoms with Crippen LogP contribution in [0, 0.1) is 23.7 Å². The fourth-order valence-corrected chi connectivity index (χ4v) is 6.67. The summed E-state index contributed by atoms with van der Waals surface area (Å²) >= 11 is 0. The number of esters is 2. The number of fused-ring (bicyclic) bond motifs is 1. The Hall–Kier alpha value is -2.26. The van der Waals surface area contributed by atoms with Gasteiger partial charge in [0.15, 0.2) is 5.60 Å². The maximum absolute atomic E-state index is 14.7. The number of carboxylic acid groups (broad SMARTS) is 1. The van der Waals surface area contributed by atoms with Crippen LogP contribution in [-0.4, -0.2) is 58.4 Å². The van der Waals surface area contributed by atoms with Gasteiger partial charge < -0.3 is 24.3 Å². The van der Waals surface area contributed by atoms with E-state index in [1.807, 2.05) is 13.8 Å².